The number of H-pyrrole nitrogens is 1. The molecule has 3 N–H and O–H groups in total. The monoisotopic (exact) mass is 418 g/mol. The van der Waals surface area contributed by atoms with Gasteiger partial charge in [0.2, 0.25) is 0 Å². The van der Waals surface area contributed by atoms with E-state index in [1.165, 1.54) is 0 Å². The number of rotatable bonds is 6. The van der Waals surface area contributed by atoms with Gasteiger partial charge in [-0.25, -0.2) is 0 Å². The normalized spacial score (nSPS) is 13.8. The molecule has 0 saturated heterocycles. The number of thiophene rings is 1. The lowest BCUT2D eigenvalue weighted by Crippen LogP contribution is -2.39. The minimum Gasteiger partial charge on any atom is -0.492 e. The van der Waals surface area contributed by atoms with Gasteiger partial charge in [0.1, 0.15) is 5.75 Å². The second kappa shape index (κ2) is 7.97. The molecule has 1 aliphatic heterocycles. The lowest BCUT2D eigenvalue weighted by molar-refractivity contribution is 0.0913. The van der Waals surface area contributed by atoms with E-state index < -0.39 is 6.04 Å². The van der Waals surface area contributed by atoms with E-state index in [9.17, 15) is 9.90 Å². The number of carbonyl (C=O) groups is 1. The van der Waals surface area contributed by atoms with Crippen LogP contribution in [0.25, 0.3) is 22.0 Å². The number of aromatic nitrogens is 1. The number of aliphatic hydroxyl groups excluding tert-OH is 1. The maximum absolute atomic E-state index is 13.2. The number of hydrogen-bond acceptors (Lipinski definition) is 4. The van der Waals surface area contributed by atoms with Crippen LogP contribution in [0.1, 0.15) is 21.5 Å². The van der Waals surface area contributed by atoms with Crippen LogP contribution < -0.4 is 10.1 Å². The minimum atomic E-state index is -0.390. The third-order valence-electron chi connectivity index (χ3n) is 5.58. The van der Waals surface area contributed by atoms with Crippen molar-refractivity contribution in [3.63, 3.8) is 0 Å². The number of hydrogen-bond donors (Lipinski definition) is 3. The molecule has 6 heteroatoms. The van der Waals surface area contributed by atoms with E-state index in [4.69, 9.17) is 4.74 Å². The Labute approximate surface area is 178 Å². The molecule has 0 aliphatic carbocycles. The molecular weight excluding hydrogens is 396 g/mol. The molecule has 30 heavy (non-hydrogen) atoms. The van der Waals surface area contributed by atoms with Gasteiger partial charge in [-0.15, -0.1) is 0 Å². The van der Waals surface area contributed by atoms with Gasteiger partial charge < -0.3 is 20.1 Å². The summed E-state index contributed by atoms with van der Waals surface area (Å²) in [6.45, 7) is 0.444. The van der Waals surface area contributed by atoms with E-state index in [-0.39, 0.29) is 12.5 Å². The standard InChI is InChI=1S/C24H22N2O3S/c27-13-19(10-18-12-25-22-4-2-1-3-20(18)22)26-24(28)21-11-17(16-6-8-30-14-16)9-15-5-7-29-23(15)21/h1-4,6,8-9,11-12,14,19,25,27H,5,7,10,13H2,(H,26,28)/t19-/m1/s1. The van der Waals surface area contributed by atoms with E-state index in [1.54, 1.807) is 11.3 Å². The highest BCUT2D eigenvalue weighted by Crippen LogP contribution is 2.35. The number of aromatic amines is 1. The zero-order valence-corrected chi connectivity index (χ0v) is 17.2. The van der Waals surface area contributed by atoms with E-state index >= 15 is 0 Å². The Bertz CT molecular complexity index is 1200. The predicted octanol–water partition coefficient (Wildman–Crippen LogP) is 4.16. The molecule has 0 spiro atoms. The summed E-state index contributed by atoms with van der Waals surface area (Å²) in [6, 6.07) is 13.7. The molecule has 0 fully saturated rings. The van der Waals surface area contributed by atoms with Crippen molar-refractivity contribution in [2.45, 2.75) is 18.9 Å². The molecule has 0 saturated carbocycles. The molecule has 2 aromatic heterocycles. The quantitative estimate of drug-likeness (QED) is 0.440. The van der Waals surface area contributed by atoms with Crippen molar-refractivity contribution in [1.29, 1.82) is 0 Å². The average Bonchev–Trinajstić information content (AvgIpc) is 3.53. The minimum absolute atomic E-state index is 0.140. The number of carbonyl (C=O) groups excluding carboxylic acids is 1. The van der Waals surface area contributed by atoms with Crippen molar-refractivity contribution in [2.24, 2.45) is 0 Å². The van der Waals surface area contributed by atoms with E-state index in [0.717, 1.165) is 39.6 Å². The molecule has 0 radical (unpaired) electrons. The van der Waals surface area contributed by atoms with Gasteiger partial charge in [-0.3, -0.25) is 4.79 Å². The summed E-state index contributed by atoms with van der Waals surface area (Å²) in [6.07, 6.45) is 3.28. The predicted molar refractivity (Wildman–Crippen MR) is 119 cm³/mol. The molecule has 1 amide bonds. The molecule has 2 aromatic carbocycles. The maximum Gasteiger partial charge on any atom is 0.255 e. The molecule has 0 unspecified atom stereocenters. The van der Waals surface area contributed by atoms with Crippen LogP contribution in [0.15, 0.2) is 59.4 Å². The summed E-state index contributed by atoms with van der Waals surface area (Å²) in [7, 11) is 0. The Morgan fingerprint density at radius 2 is 2.13 bits per heavy atom. The molecule has 5 rings (SSSR count). The maximum atomic E-state index is 13.2. The Kier molecular flexibility index (Phi) is 5.02. The van der Waals surface area contributed by atoms with Gasteiger partial charge in [-0.2, -0.15) is 11.3 Å². The summed E-state index contributed by atoms with van der Waals surface area (Å²) < 4.78 is 5.78. The van der Waals surface area contributed by atoms with Gasteiger partial charge in [-0.05, 0) is 63.7 Å². The first kappa shape index (κ1) is 18.9. The summed E-state index contributed by atoms with van der Waals surface area (Å²) in [5, 5.41) is 18.2. The second-order valence-electron chi connectivity index (χ2n) is 7.54. The Morgan fingerprint density at radius 1 is 1.23 bits per heavy atom. The van der Waals surface area contributed by atoms with E-state index in [0.29, 0.717) is 24.3 Å². The van der Waals surface area contributed by atoms with Gasteiger partial charge in [0.25, 0.3) is 5.91 Å². The van der Waals surface area contributed by atoms with Gasteiger partial charge in [0, 0.05) is 23.5 Å². The number of aliphatic hydroxyl groups is 1. The first-order valence-electron chi connectivity index (χ1n) is 10.0. The molecule has 1 atom stereocenters. The van der Waals surface area contributed by atoms with Crippen LogP contribution in [0.4, 0.5) is 0 Å². The fourth-order valence-electron chi connectivity index (χ4n) is 4.06. The summed E-state index contributed by atoms with van der Waals surface area (Å²) in [4.78, 5) is 16.4. The number of nitrogens with one attached hydrogen (secondary N) is 2. The number of benzene rings is 2. The zero-order valence-electron chi connectivity index (χ0n) is 16.4. The number of amides is 1. The molecule has 1 aliphatic rings. The van der Waals surface area contributed by atoms with Crippen molar-refractivity contribution >= 4 is 28.1 Å². The Balaban J connectivity index is 1.41. The number of para-hydroxylation sites is 1. The summed E-state index contributed by atoms with van der Waals surface area (Å²) in [5.41, 5.74) is 5.82. The van der Waals surface area contributed by atoms with Crippen LogP contribution in [-0.2, 0) is 12.8 Å². The fourth-order valence-corrected chi connectivity index (χ4v) is 4.73. The highest BCUT2D eigenvalue weighted by atomic mass is 32.1. The van der Waals surface area contributed by atoms with Gasteiger partial charge in [0.15, 0.2) is 0 Å². The summed E-state index contributed by atoms with van der Waals surface area (Å²) in [5.74, 6) is 0.444. The van der Waals surface area contributed by atoms with Crippen LogP contribution in [0.5, 0.6) is 5.75 Å². The second-order valence-corrected chi connectivity index (χ2v) is 8.32. The SMILES string of the molecule is O=C(N[C@@H](CO)Cc1c[nH]c2ccccc12)c1cc(-c2ccsc2)cc2c1OCC2. The van der Waals surface area contributed by atoms with Crippen molar-refractivity contribution in [3.05, 3.63) is 76.1 Å². The smallest absolute Gasteiger partial charge is 0.255 e. The van der Waals surface area contributed by atoms with Crippen molar-refractivity contribution in [1.82, 2.24) is 10.3 Å². The molecular formula is C24H22N2O3S. The van der Waals surface area contributed by atoms with E-state index in [2.05, 4.69) is 27.8 Å². The molecule has 5 nitrogen and oxygen atoms in total. The number of fused-ring (bicyclic) bond motifs is 2. The van der Waals surface area contributed by atoms with Gasteiger partial charge in [0.05, 0.1) is 24.8 Å². The molecule has 152 valence electrons. The topological polar surface area (TPSA) is 74.4 Å². The van der Waals surface area contributed by atoms with Gasteiger partial charge in [-0.1, -0.05) is 18.2 Å². The van der Waals surface area contributed by atoms with Crippen LogP contribution >= 0.6 is 11.3 Å². The molecule has 3 heterocycles. The first-order valence-corrected chi connectivity index (χ1v) is 11.0. The third-order valence-corrected chi connectivity index (χ3v) is 6.26. The Hall–Kier alpha value is -3.09. The lowest BCUT2D eigenvalue weighted by Gasteiger charge is -2.18. The molecule has 0 bridgehead atoms. The van der Waals surface area contributed by atoms with Crippen LogP contribution in [-0.4, -0.2) is 35.3 Å². The largest absolute Gasteiger partial charge is 0.492 e. The van der Waals surface area contributed by atoms with Crippen molar-refractivity contribution in [3.8, 4) is 16.9 Å². The molecule has 4 aromatic rings. The zero-order chi connectivity index (χ0) is 20.5. The van der Waals surface area contributed by atoms with Crippen molar-refractivity contribution in [2.75, 3.05) is 13.2 Å². The Morgan fingerprint density at radius 3 is 2.97 bits per heavy atom. The van der Waals surface area contributed by atoms with Gasteiger partial charge >= 0.3 is 0 Å². The highest BCUT2D eigenvalue weighted by Gasteiger charge is 2.24. The first-order chi connectivity index (χ1) is 14.7. The highest BCUT2D eigenvalue weighted by molar-refractivity contribution is 7.08. The van der Waals surface area contributed by atoms with E-state index in [1.807, 2.05) is 41.9 Å². The van der Waals surface area contributed by atoms with Crippen LogP contribution in [0, 0.1) is 0 Å². The lowest BCUT2D eigenvalue weighted by atomic mass is 9.99. The summed E-state index contributed by atoms with van der Waals surface area (Å²) >= 11 is 1.63. The number of ether oxygens (including phenoxy) is 1. The fraction of sp³-hybridized carbons (Fsp3) is 0.208. The third kappa shape index (κ3) is 3.49. The van der Waals surface area contributed by atoms with Crippen molar-refractivity contribution < 1.29 is 14.6 Å². The van der Waals surface area contributed by atoms with Crippen LogP contribution in [0.2, 0.25) is 0 Å². The average molecular weight is 419 g/mol. The van der Waals surface area contributed by atoms with Crippen LogP contribution in [0.3, 0.4) is 0 Å².